The number of hydrogen-bond donors (Lipinski definition) is 0. The third kappa shape index (κ3) is 7.97. The average Bonchev–Trinajstić information content (AvgIpc) is 2.61. The molecule has 0 aliphatic carbocycles. The first-order valence-electron chi connectivity index (χ1n) is 8.09. The summed E-state index contributed by atoms with van der Waals surface area (Å²) in [5.74, 6) is -1.13. The van der Waals surface area contributed by atoms with Gasteiger partial charge in [0.15, 0.2) is 0 Å². The van der Waals surface area contributed by atoms with Crippen LogP contribution in [0.5, 0.6) is 0 Å². The highest BCUT2D eigenvalue weighted by Crippen LogP contribution is 2.05. The van der Waals surface area contributed by atoms with Gasteiger partial charge in [0.2, 0.25) is 0 Å². The van der Waals surface area contributed by atoms with E-state index in [1.54, 1.807) is 50.3 Å². The Bertz CT molecular complexity index is 592. The fourth-order valence-corrected chi connectivity index (χ4v) is 1.94. The van der Waals surface area contributed by atoms with Gasteiger partial charge in [-0.2, -0.15) is 0 Å². The molecule has 0 aliphatic rings. The minimum absolute atomic E-state index is 0.206. The Labute approximate surface area is 147 Å². The van der Waals surface area contributed by atoms with Crippen molar-refractivity contribution < 1.29 is 23.9 Å². The van der Waals surface area contributed by atoms with E-state index in [1.165, 1.54) is 17.1 Å². The van der Waals surface area contributed by atoms with E-state index in [-0.39, 0.29) is 32.2 Å². The van der Waals surface area contributed by atoms with Gasteiger partial charge < -0.3 is 14.4 Å². The summed E-state index contributed by atoms with van der Waals surface area (Å²) < 4.78 is 9.61. The molecule has 1 rings (SSSR count). The van der Waals surface area contributed by atoms with Crippen LogP contribution in [0.4, 0.5) is 0 Å². The number of benzene rings is 1. The van der Waals surface area contributed by atoms with Gasteiger partial charge in [-0.15, -0.1) is 0 Å². The molecule has 0 saturated carbocycles. The van der Waals surface area contributed by atoms with E-state index >= 15 is 0 Å². The van der Waals surface area contributed by atoms with Gasteiger partial charge in [-0.3, -0.25) is 4.79 Å². The molecule has 0 fully saturated rings. The fraction of sp³-hybridized carbons (Fsp3) is 0.316. The molecule has 6 heteroatoms. The summed E-state index contributed by atoms with van der Waals surface area (Å²) in [4.78, 5) is 36.8. The molecule has 0 aliphatic heterocycles. The van der Waals surface area contributed by atoms with Crippen molar-refractivity contribution in [2.24, 2.45) is 0 Å². The lowest BCUT2D eigenvalue weighted by molar-refractivity contribution is -0.138. The zero-order chi connectivity index (χ0) is 18.5. The second-order valence-electron chi connectivity index (χ2n) is 4.88. The van der Waals surface area contributed by atoms with Gasteiger partial charge in [-0.1, -0.05) is 30.4 Å². The van der Waals surface area contributed by atoms with E-state index in [4.69, 9.17) is 9.47 Å². The second kappa shape index (κ2) is 11.6. The Kier molecular flexibility index (Phi) is 9.36. The molecule has 1 amide bonds. The fourth-order valence-electron chi connectivity index (χ4n) is 1.94. The van der Waals surface area contributed by atoms with Crippen molar-refractivity contribution in [3.05, 3.63) is 60.2 Å². The van der Waals surface area contributed by atoms with Crippen LogP contribution >= 0.6 is 0 Å². The zero-order valence-corrected chi connectivity index (χ0v) is 14.5. The molecule has 0 bridgehead atoms. The van der Waals surface area contributed by atoms with Crippen LogP contribution in [0.15, 0.2) is 54.6 Å². The summed E-state index contributed by atoms with van der Waals surface area (Å²) in [7, 11) is 0. The zero-order valence-electron chi connectivity index (χ0n) is 14.5. The van der Waals surface area contributed by atoms with Gasteiger partial charge >= 0.3 is 11.9 Å². The van der Waals surface area contributed by atoms with Gasteiger partial charge in [-0.25, -0.2) is 9.59 Å². The second-order valence-corrected chi connectivity index (χ2v) is 4.88. The molecule has 6 nitrogen and oxygen atoms in total. The Hall–Kier alpha value is -2.89. The SMILES string of the molecule is CCOC(=O)/C=C/CN(C/C=C/C(=O)OCC)C(=O)c1ccccc1. The lowest BCUT2D eigenvalue weighted by Crippen LogP contribution is -2.31. The van der Waals surface area contributed by atoms with Crippen LogP contribution in [0.25, 0.3) is 0 Å². The molecule has 0 spiro atoms. The monoisotopic (exact) mass is 345 g/mol. The highest BCUT2D eigenvalue weighted by molar-refractivity contribution is 5.94. The van der Waals surface area contributed by atoms with Crippen LogP contribution < -0.4 is 0 Å². The van der Waals surface area contributed by atoms with E-state index in [0.29, 0.717) is 5.56 Å². The summed E-state index contributed by atoms with van der Waals surface area (Å²) in [6.45, 7) is 4.43. The molecule has 0 heterocycles. The van der Waals surface area contributed by atoms with Crippen LogP contribution in [0, 0.1) is 0 Å². The van der Waals surface area contributed by atoms with Crippen molar-refractivity contribution in [2.45, 2.75) is 13.8 Å². The summed E-state index contributed by atoms with van der Waals surface area (Å²) in [5.41, 5.74) is 0.525. The van der Waals surface area contributed by atoms with Crippen molar-refractivity contribution in [3.63, 3.8) is 0 Å². The predicted octanol–water partition coefficient (Wildman–Crippen LogP) is 2.37. The maximum absolute atomic E-state index is 12.6. The van der Waals surface area contributed by atoms with Crippen molar-refractivity contribution in [1.82, 2.24) is 4.90 Å². The first kappa shape index (κ1) is 20.2. The van der Waals surface area contributed by atoms with Gasteiger partial charge in [0.25, 0.3) is 5.91 Å². The number of rotatable bonds is 9. The third-order valence-electron chi connectivity index (χ3n) is 3.04. The lowest BCUT2D eigenvalue weighted by atomic mass is 10.2. The molecule has 1 aromatic carbocycles. The van der Waals surface area contributed by atoms with E-state index < -0.39 is 11.9 Å². The molecule has 134 valence electrons. The number of esters is 2. The molecule has 0 N–H and O–H groups in total. The average molecular weight is 345 g/mol. The summed E-state index contributed by atoms with van der Waals surface area (Å²) in [6, 6.07) is 8.78. The first-order chi connectivity index (χ1) is 12.1. The Morgan fingerprint density at radius 2 is 1.36 bits per heavy atom. The van der Waals surface area contributed by atoms with Crippen molar-refractivity contribution in [2.75, 3.05) is 26.3 Å². The standard InChI is InChI=1S/C19H23NO5/c1-3-24-17(21)12-8-14-20(15-9-13-18(22)25-4-2)19(23)16-10-6-5-7-11-16/h5-13H,3-4,14-15H2,1-2H3/b12-8+,13-9+. The Morgan fingerprint density at radius 3 is 1.80 bits per heavy atom. The van der Waals surface area contributed by atoms with Crippen LogP contribution in [0.3, 0.4) is 0 Å². The van der Waals surface area contributed by atoms with E-state index in [1.807, 2.05) is 6.07 Å². The molecule has 0 radical (unpaired) electrons. The number of carbonyl (C=O) groups excluding carboxylic acids is 3. The number of amides is 1. The molecule has 0 atom stereocenters. The molecule has 0 unspecified atom stereocenters. The van der Waals surface area contributed by atoms with Crippen LogP contribution in [0.2, 0.25) is 0 Å². The quantitative estimate of drug-likeness (QED) is 0.507. The summed E-state index contributed by atoms with van der Waals surface area (Å²) in [5, 5.41) is 0. The summed E-state index contributed by atoms with van der Waals surface area (Å²) >= 11 is 0. The Morgan fingerprint density at radius 1 is 0.880 bits per heavy atom. The topological polar surface area (TPSA) is 72.9 Å². The van der Waals surface area contributed by atoms with Crippen molar-refractivity contribution >= 4 is 17.8 Å². The molecule has 0 aromatic heterocycles. The highest BCUT2D eigenvalue weighted by atomic mass is 16.5. The van der Waals surface area contributed by atoms with E-state index in [9.17, 15) is 14.4 Å². The number of carbonyl (C=O) groups is 3. The lowest BCUT2D eigenvalue weighted by Gasteiger charge is -2.19. The van der Waals surface area contributed by atoms with Gasteiger partial charge in [0.1, 0.15) is 0 Å². The first-order valence-corrected chi connectivity index (χ1v) is 8.09. The normalized spacial score (nSPS) is 10.8. The van der Waals surface area contributed by atoms with Crippen LogP contribution in [-0.4, -0.2) is 49.0 Å². The maximum atomic E-state index is 12.6. The van der Waals surface area contributed by atoms with Gasteiger partial charge in [0.05, 0.1) is 13.2 Å². The molecular weight excluding hydrogens is 322 g/mol. The maximum Gasteiger partial charge on any atom is 0.330 e. The van der Waals surface area contributed by atoms with Gasteiger partial charge in [0, 0.05) is 30.8 Å². The number of nitrogens with zero attached hydrogens (tertiary/aromatic N) is 1. The smallest absolute Gasteiger partial charge is 0.330 e. The van der Waals surface area contributed by atoms with E-state index in [2.05, 4.69) is 0 Å². The molecule has 1 aromatic rings. The van der Waals surface area contributed by atoms with E-state index in [0.717, 1.165) is 0 Å². The van der Waals surface area contributed by atoms with Crippen LogP contribution in [0.1, 0.15) is 24.2 Å². The molecule has 25 heavy (non-hydrogen) atoms. The van der Waals surface area contributed by atoms with Crippen molar-refractivity contribution in [3.8, 4) is 0 Å². The highest BCUT2D eigenvalue weighted by Gasteiger charge is 2.13. The third-order valence-corrected chi connectivity index (χ3v) is 3.04. The predicted molar refractivity (Wildman–Crippen MR) is 93.9 cm³/mol. The minimum atomic E-state index is -0.461. The Balaban J connectivity index is 2.77. The van der Waals surface area contributed by atoms with Crippen LogP contribution in [-0.2, 0) is 19.1 Å². The van der Waals surface area contributed by atoms with Gasteiger partial charge in [-0.05, 0) is 26.0 Å². The number of hydrogen-bond acceptors (Lipinski definition) is 5. The molecular formula is C19H23NO5. The number of ether oxygens (including phenoxy) is 2. The molecule has 0 saturated heterocycles. The van der Waals surface area contributed by atoms with Crippen molar-refractivity contribution in [1.29, 1.82) is 0 Å². The largest absolute Gasteiger partial charge is 0.463 e. The minimum Gasteiger partial charge on any atom is -0.463 e. The summed E-state index contributed by atoms with van der Waals surface area (Å²) in [6.07, 6.45) is 5.67.